The van der Waals surface area contributed by atoms with Crippen molar-refractivity contribution < 1.29 is 9.59 Å². The Hall–Kier alpha value is -2.33. The second kappa shape index (κ2) is 7.59. The zero-order chi connectivity index (χ0) is 19.7. The molecule has 2 aliphatic carbocycles. The van der Waals surface area contributed by atoms with Crippen molar-refractivity contribution in [2.75, 3.05) is 27.2 Å². The van der Waals surface area contributed by atoms with Crippen LogP contribution in [-0.4, -0.2) is 43.7 Å². The smallest absolute Gasteiger partial charge is 0.147 e. The molecule has 0 saturated heterocycles. The van der Waals surface area contributed by atoms with Crippen molar-refractivity contribution in [3.8, 4) is 0 Å². The van der Waals surface area contributed by atoms with E-state index in [2.05, 4.69) is 29.2 Å². The van der Waals surface area contributed by atoms with E-state index in [1.807, 2.05) is 32.3 Å². The summed E-state index contributed by atoms with van der Waals surface area (Å²) >= 11 is 0. The van der Waals surface area contributed by atoms with Gasteiger partial charge in [0.2, 0.25) is 0 Å². The van der Waals surface area contributed by atoms with Crippen molar-refractivity contribution in [1.82, 2.24) is 4.90 Å². The molecular formula is C24H28N2O2. The van der Waals surface area contributed by atoms with Crippen LogP contribution in [0.4, 0.5) is 0 Å². The fourth-order valence-electron chi connectivity index (χ4n) is 4.95. The van der Waals surface area contributed by atoms with Crippen LogP contribution in [0, 0.1) is 11.3 Å². The second-order valence-electron chi connectivity index (χ2n) is 8.50. The largest absolute Gasteiger partial charge is 0.309 e. The van der Waals surface area contributed by atoms with Crippen LogP contribution < -0.4 is 10.6 Å². The molecule has 1 aliphatic heterocycles. The van der Waals surface area contributed by atoms with E-state index in [-0.39, 0.29) is 17.0 Å². The van der Waals surface area contributed by atoms with Crippen molar-refractivity contribution in [1.29, 1.82) is 0 Å². The molecule has 0 amide bonds. The first kappa shape index (κ1) is 19.0. The number of fused-ring (bicyclic) bond motifs is 1. The van der Waals surface area contributed by atoms with Gasteiger partial charge >= 0.3 is 0 Å². The summed E-state index contributed by atoms with van der Waals surface area (Å²) in [4.78, 5) is 33.4. The van der Waals surface area contributed by atoms with Crippen LogP contribution in [0.25, 0.3) is 5.57 Å². The summed E-state index contributed by atoms with van der Waals surface area (Å²) in [5, 5.41) is 2.00. The maximum atomic E-state index is 13.3. The standard InChI is InChI=1S/C24H28N2O2/c1-26(2)13-7-10-19-22(27)14-20-18-9-3-4-11-21(18)25-16-17-8-5-6-12-24(17,20)15-23(19)28/h3-6,8-9,11,19H,7,10,12-16H2,1-2H3. The van der Waals surface area contributed by atoms with Crippen LogP contribution in [0.3, 0.4) is 0 Å². The van der Waals surface area contributed by atoms with Crippen LogP contribution in [0.5, 0.6) is 0 Å². The fraction of sp³-hybridized carbons (Fsp3) is 0.458. The molecule has 28 heavy (non-hydrogen) atoms. The van der Waals surface area contributed by atoms with Gasteiger partial charge in [0.15, 0.2) is 0 Å². The minimum absolute atomic E-state index is 0.0845. The minimum atomic E-state index is -0.468. The number of hydrogen-bond acceptors (Lipinski definition) is 4. The number of ketones is 2. The molecule has 146 valence electrons. The highest BCUT2D eigenvalue weighted by Crippen LogP contribution is 2.50. The van der Waals surface area contributed by atoms with Gasteiger partial charge < -0.3 is 4.90 Å². The van der Waals surface area contributed by atoms with Crippen LogP contribution in [-0.2, 0) is 9.59 Å². The molecule has 1 saturated carbocycles. The molecule has 1 aromatic carbocycles. The summed E-state index contributed by atoms with van der Waals surface area (Å²) in [6, 6.07) is 8.09. The highest BCUT2D eigenvalue weighted by atomic mass is 16.2. The van der Waals surface area contributed by atoms with E-state index in [9.17, 15) is 9.59 Å². The molecule has 4 nitrogen and oxygen atoms in total. The molecule has 0 aromatic heterocycles. The molecule has 1 fully saturated rings. The summed E-state index contributed by atoms with van der Waals surface area (Å²) < 4.78 is 0. The van der Waals surface area contributed by atoms with E-state index in [4.69, 9.17) is 4.99 Å². The number of carbonyl (C=O) groups excluding carboxylic acids is 2. The van der Waals surface area contributed by atoms with Gasteiger partial charge in [0.1, 0.15) is 11.6 Å². The summed E-state index contributed by atoms with van der Waals surface area (Å²) in [6.45, 7) is 1.49. The van der Waals surface area contributed by atoms with E-state index in [0.717, 1.165) is 35.5 Å². The summed E-state index contributed by atoms with van der Waals surface area (Å²) in [6.07, 6.45) is 9.39. The third kappa shape index (κ3) is 3.30. The van der Waals surface area contributed by atoms with E-state index in [1.54, 1.807) is 0 Å². The van der Waals surface area contributed by atoms with E-state index < -0.39 is 5.92 Å². The Balaban J connectivity index is 1.82. The normalized spacial score (nSPS) is 26.6. The van der Waals surface area contributed by atoms with Gasteiger partial charge in [-0.3, -0.25) is 14.6 Å². The number of benzene rings is 1. The number of rotatable bonds is 4. The Morgan fingerprint density at radius 3 is 2.82 bits per heavy atom. The van der Waals surface area contributed by atoms with Crippen LogP contribution in [0.15, 0.2) is 53.1 Å². The Kier molecular flexibility index (Phi) is 5.15. The fourth-order valence-corrected chi connectivity index (χ4v) is 4.95. The van der Waals surface area contributed by atoms with Crippen LogP contribution >= 0.6 is 0 Å². The van der Waals surface area contributed by atoms with Crippen molar-refractivity contribution in [2.24, 2.45) is 16.3 Å². The third-order valence-corrected chi connectivity index (χ3v) is 6.44. The number of para-hydroxylation sites is 1. The van der Waals surface area contributed by atoms with E-state index in [1.165, 1.54) is 5.57 Å². The maximum absolute atomic E-state index is 13.3. The van der Waals surface area contributed by atoms with Crippen LogP contribution in [0.1, 0.15) is 32.1 Å². The third-order valence-electron chi connectivity index (χ3n) is 6.44. The highest BCUT2D eigenvalue weighted by molar-refractivity contribution is 6.08. The Bertz CT molecular complexity index is 986. The maximum Gasteiger partial charge on any atom is 0.147 e. The SMILES string of the molecule is CN(C)CCCC1C(=O)CC2=c3ccccc3=NCC3=CC=CCC32CC1=O. The Morgan fingerprint density at radius 2 is 2.00 bits per heavy atom. The predicted molar refractivity (Wildman–Crippen MR) is 110 cm³/mol. The Labute approximate surface area is 166 Å². The molecule has 4 rings (SSSR count). The second-order valence-corrected chi connectivity index (χ2v) is 8.50. The Morgan fingerprint density at radius 1 is 1.18 bits per heavy atom. The first-order valence-electron chi connectivity index (χ1n) is 10.2. The zero-order valence-corrected chi connectivity index (χ0v) is 16.8. The van der Waals surface area contributed by atoms with Gasteiger partial charge in [0.05, 0.1) is 17.8 Å². The summed E-state index contributed by atoms with van der Waals surface area (Å²) in [5.74, 6) is -0.273. The van der Waals surface area contributed by atoms with Gasteiger partial charge in [-0.05, 0) is 57.1 Å². The molecule has 1 heterocycles. The molecule has 3 aliphatic rings. The lowest BCUT2D eigenvalue weighted by Gasteiger charge is -2.37. The van der Waals surface area contributed by atoms with Gasteiger partial charge in [-0.25, -0.2) is 0 Å². The number of carbonyl (C=O) groups is 2. The first-order valence-corrected chi connectivity index (χ1v) is 10.2. The number of Topliss-reactive ketones (excluding diaryl/α,β-unsaturated/α-hetero) is 2. The minimum Gasteiger partial charge on any atom is -0.309 e. The molecule has 2 atom stereocenters. The number of allylic oxidation sites excluding steroid dienone is 3. The average molecular weight is 377 g/mol. The zero-order valence-electron chi connectivity index (χ0n) is 16.8. The quantitative estimate of drug-likeness (QED) is 0.757. The highest BCUT2D eigenvalue weighted by Gasteiger charge is 2.46. The van der Waals surface area contributed by atoms with Gasteiger partial charge in [-0.2, -0.15) is 0 Å². The lowest BCUT2D eigenvalue weighted by molar-refractivity contribution is -0.132. The molecule has 2 unspecified atom stereocenters. The lowest BCUT2D eigenvalue weighted by atomic mass is 9.66. The van der Waals surface area contributed by atoms with E-state index in [0.29, 0.717) is 25.8 Å². The van der Waals surface area contributed by atoms with Gasteiger partial charge in [-0.15, -0.1) is 0 Å². The molecule has 1 aromatic rings. The molecule has 0 bridgehead atoms. The summed E-state index contributed by atoms with van der Waals surface area (Å²) in [5.41, 5.74) is 1.90. The molecule has 1 spiro atoms. The molecule has 0 radical (unpaired) electrons. The summed E-state index contributed by atoms with van der Waals surface area (Å²) in [7, 11) is 4.05. The molecular weight excluding hydrogens is 348 g/mol. The van der Waals surface area contributed by atoms with Gasteiger partial charge in [0.25, 0.3) is 0 Å². The van der Waals surface area contributed by atoms with Crippen molar-refractivity contribution in [3.63, 3.8) is 0 Å². The van der Waals surface area contributed by atoms with Crippen molar-refractivity contribution >= 4 is 17.1 Å². The monoisotopic (exact) mass is 376 g/mol. The van der Waals surface area contributed by atoms with Gasteiger partial charge in [-0.1, -0.05) is 36.4 Å². The predicted octanol–water partition coefficient (Wildman–Crippen LogP) is 2.23. The van der Waals surface area contributed by atoms with E-state index >= 15 is 0 Å². The lowest BCUT2D eigenvalue weighted by Crippen LogP contribution is -2.35. The average Bonchev–Trinajstić information content (AvgIpc) is 2.86. The van der Waals surface area contributed by atoms with Gasteiger partial charge in [0, 0.05) is 23.5 Å². The first-order chi connectivity index (χ1) is 13.5. The number of nitrogens with zero attached hydrogens (tertiary/aromatic N) is 2. The molecule has 4 heteroatoms. The van der Waals surface area contributed by atoms with Crippen LogP contribution in [0.2, 0.25) is 0 Å². The van der Waals surface area contributed by atoms with Crippen molar-refractivity contribution in [2.45, 2.75) is 32.1 Å². The van der Waals surface area contributed by atoms with Crippen molar-refractivity contribution in [3.05, 3.63) is 58.6 Å². The topological polar surface area (TPSA) is 49.7 Å². The molecule has 0 N–H and O–H groups in total. The number of hydrogen-bond donors (Lipinski definition) is 0.